The number of hydrogen-bond acceptors (Lipinski definition) is 6. The van der Waals surface area contributed by atoms with Crippen LogP contribution in [0.15, 0.2) is 6.20 Å². The summed E-state index contributed by atoms with van der Waals surface area (Å²) in [6.07, 6.45) is 4.39. The predicted molar refractivity (Wildman–Crippen MR) is 79.5 cm³/mol. The second-order valence-corrected chi connectivity index (χ2v) is 5.88. The molecule has 7 heteroatoms. The number of halogens is 1. The third-order valence-corrected chi connectivity index (χ3v) is 3.84. The van der Waals surface area contributed by atoms with Gasteiger partial charge in [0.1, 0.15) is 11.4 Å². The van der Waals surface area contributed by atoms with Crippen LogP contribution in [0.3, 0.4) is 0 Å². The second kappa shape index (κ2) is 6.58. The Balaban J connectivity index is 2.12. The van der Waals surface area contributed by atoms with Gasteiger partial charge in [-0.3, -0.25) is 0 Å². The van der Waals surface area contributed by atoms with E-state index in [1.807, 2.05) is 6.92 Å². The van der Waals surface area contributed by atoms with Crippen LogP contribution in [0.2, 0.25) is 5.28 Å². The molecule has 1 aliphatic carbocycles. The number of carbonyl (C=O) groups is 1. The zero-order chi connectivity index (χ0) is 15.5. The van der Waals surface area contributed by atoms with E-state index in [0.717, 1.165) is 12.8 Å². The number of aromatic nitrogens is 2. The molecular weight excluding hydrogens is 294 g/mol. The first-order chi connectivity index (χ1) is 9.91. The number of nitrogens with zero attached hydrogens (tertiary/aromatic N) is 2. The van der Waals surface area contributed by atoms with Crippen molar-refractivity contribution in [1.82, 2.24) is 9.97 Å². The number of carbonyl (C=O) groups excluding carboxylic acids is 1. The maximum Gasteiger partial charge on any atom is 0.343 e. The van der Waals surface area contributed by atoms with Crippen LogP contribution < -0.4 is 5.32 Å². The molecule has 6 nitrogen and oxygen atoms in total. The zero-order valence-corrected chi connectivity index (χ0v) is 13.0. The van der Waals surface area contributed by atoms with Gasteiger partial charge in [0.2, 0.25) is 5.28 Å². The number of rotatable bonds is 4. The van der Waals surface area contributed by atoms with Crippen LogP contribution >= 0.6 is 11.6 Å². The van der Waals surface area contributed by atoms with Gasteiger partial charge in [0, 0.05) is 12.2 Å². The number of esters is 1. The SMILES string of the molecule is CCOC(=O)c1cnc(Cl)nc1N[C@H]1CC[C@@](C)(O)CC1. The molecule has 21 heavy (non-hydrogen) atoms. The van der Waals surface area contributed by atoms with Gasteiger partial charge in [0.25, 0.3) is 0 Å². The standard InChI is InChI=1S/C14H20ClN3O3/c1-3-21-12(19)10-8-16-13(15)18-11(10)17-9-4-6-14(2,20)7-5-9/h8-9,20H,3-7H2,1-2H3,(H,16,17,18)/t9-,14+. The van der Waals surface area contributed by atoms with Crippen LogP contribution in [0.25, 0.3) is 0 Å². The number of anilines is 1. The molecule has 0 radical (unpaired) electrons. The van der Waals surface area contributed by atoms with Crippen molar-refractivity contribution in [2.75, 3.05) is 11.9 Å². The molecule has 0 aliphatic heterocycles. The van der Waals surface area contributed by atoms with Crippen LogP contribution in [0.4, 0.5) is 5.82 Å². The molecule has 1 heterocycles. The molecule has 0 spiro atoms. The van der Waals surface area contributed by atoms with E-state index < -0.39 is 11.6 Å². The van der Waals surface area contributed by atoms with Gasteiger partial charge in [0.15, 0.2) is 0 Å². The fourth-order valence-electron chi connectivity index (χ4n) is 2.41. The Hall–Kier alpha value is -1.40. The summed E-state index contributed by atoms with van der Waals surface area (Å²) in [6, 6.07) is 0.143. The average Bonchev–Trinajstić information content (AvgIpc) is 2.41. The van der Waals surface area contributed by atoms with Crippen molar-refractivity contribution >= 4 is 23.4 Å². The summed E-state index contributed by atoms with van der Waals surface area (Å²) in [5, 5.41) is 13.3. The van der Waals surface area contributed by atoms with Gasteiger partial charge in [-0.2, -0.15) is 4.98 Å². The molecule has 0 aromatic carbocycles. The van der Waals surface area contributed by atoms with E-state index in [2.05, 4.69) is 15.3 Å². The van der Waals surface area contributed by atoms with E-state index in [4.69, 9.17) is 16.3 Å². The minimum absolute atomic E-state index is 0.0772. The third kappa shape index (κ3) is 4.28. The van der Waals surface area contributed by atoms with Crippen molar-refractivity contribution in [3.63, 3.8) is 0 Å². The van der Waals surface area contributed by atoms with Crippen molar-refractivity contribution in [3.05, 3.63) is 17.0 Å². The fourth-order valence-corrected chi connectivity index (χ4v) is 2.54. The monoisotopic (exact) mass is 313 g/mol. The molecule has 116 valence electrons. The smallest absolute Gasteiger partial charge is 0.343 e. The molecule has 1 aliphatic rings. The van der Waals surface area contributed by atoms with E-state index in [9.17, 15) is 9.90 Å². The lowest BCUT2D eigenvalue weighted by atomic mass is 9.83. The Morgan fingerprint density at radius 1 is 1.57 bits per heavy atom. The summed E-state index contributed by atoms with van der Waals surface area (Å²) < 4.78 is 4.99. The van der Waals surface area contributed by atoms with Gasteiger partial charge in [-0.1, -0.05) is 0 Å². The first-order valence-corrected chi connectivity index (χ1v) is 7.47. The molecule has 1 aromatic heterocycles. The van der Waals surface area contributed by atoms with Crippen LogP contribution in [0, 0.1) is 0 Å². The topological polar surface area (TPSA) is 84.3 Å². The molecule has 1 saturated carbocycles. The fraction of sp³-hybridized carbons (Fsp3) is 0.643. The molecule has 0 unspecified atom stereocenters. The molecule has 0 amide bonds. The zero-order valence-electron chi connectivity index (χ0n) is 12.2. The van der Waals surface area contributed by atoms with Crippen LogP contribution in [-0.4, -0.2) is 39.3 Å². The quantitative estimate of drug-likeness (QED) is 0.656. The highest BCUT2D eigenvalue weighted by molar-refractivity contribution is 6.28. The van der Waals surface area contributed by atoms with Crippen LogP contribution in [0.5, 0.6) is 0 Å². The minimum Gasteiger partial charge on any atom is -0.462 e. The normalized spacial score (nSPS) is 25.4. The Bertz CT molecular complexity index is 512. The summed E-state index contributed by atoms with van der Waals surface area (Å²) in [4.78, 5) is 19.8. The lowest BCUT2D eigenvalue weighted by Crippen LogP contribution is -2.36. The van der Waals surface area contributed by atoms with Gasteiger partial charge < -0.3 is 15.2 Å². The Labute approximate surface area is 128 Å². The van der Waals surface area contributed by atoms with E-state index in [1.165, 1.54) is 6.20 Å². The first-order valence-electron chi connectivity index (χ1n) is 7.10. The number of hydrogen-bond donors (Lipinski definition) is 2. The van der Waals surface area contributed by atoms with Gasteiger partial charge >= 0.3 is 5.97 Å². The van der Waals surface area contributed by atoms with Gasteiger partial charge in [-0.25, -0.2) is 9.78 Å². The Kier molecular flexibility index (Phi) is 5.00. The van der Waals surface area contributed by atoms with Gasteiger partial charge in [-0.05, 0) is 51.1 Å². The molecule has 1 fully saturated rings. The first kappa shape index (κ1) is 16.0. The minimum atomic E-state index is -0.606. The maximum atomic E-state index is 11.9. The number of nitrogens with one attached hydrogen (secondary N) is 1. The molecule has 0 atom stereocenters. The Morgan fingerprint density at radius 2 is 2.24 bits per heavy atom. The largest absolute Gasteiger partial charge is 0.462 e. The lowest BCUT2D eigenvalue weighted by Gasteiger charge is -2.33. The number of ether oxygens (including phenoxy) is 1. The summed E-state index contributed by atoms with van der Waals surface area (Å²) in [6.45, 7) is 3.87. The summed E-state index contributed by atoms with van der Waals surface area (Å²) in [5.74, 6) is -0.0838. The molecular formula is C14H20ClN3O3. The average molecular weight is 314 g/mol. The highest BCUT2D eigenvalue weighted by Gasteiger charge is 2.29. The summed E-state index contributed by atoms with van der Waals surface area (Å²) in [5.41, 5.74) is -0.329. The maximum absolute atomic E-state index is 11.9. The van der Waals surface area contributed by atoms with Gasteiger partial charge in [0.05, 0.1) is 12.2 Å². The highest BCUT2D eigenvalue weighted by atomic mass is 35.5. The lowest BCUT2D eigenvalue weighted by molar-refractivity contribution is 0.0195. The predicted octanol–water partition coefficient (Wildman–Crippen LogP) is 2.41. The van der Waals surface area contributed by atoms with Crippen molar-refractivity contribution in [2.45, 2.75) is 51.2 Å². The molecule has 0 bridgehead atoms. The molecule has 1 aromatic rings. The Morgan fingerprint density at radius 3 is 2.86 bits per heavy atom. The van der Waals surface area contributed by atoms with Crippen molar-refractivity contribution in [1.29, 1.82) is 0 Å². The van der Waals surface area contributed by atoms with E-state index in [-0.39, 0.29) is 23.5 Å². The van der Waals surface area contributed by atoms with Crippen LogP contribution in [0.1, 0.15) is 49.9 Å². The van der Waals surface area contributed by atoms with Crippen molar-refractivity contribution < 1.29 is 14.6 Å². The summed E-state index contributed by atoms with van der Waals surface area (Å²) >= 11 is 5.81. The van der Waals surface area contributed by atoms with E-state index >= 15 is 0 Å². The van der Waals surface area contributed by atoms with Gasteiger partial charge in [-0.15, -0.1) is 0 Å². The third-order valence-electron chi connectivity index (χ3n) is 3.66. The molecule has 0 saturated heterocycles. The highest BCUT2D eigenvalue weighted by Crippen LogP contribution is 2.30. The van der Waals surface area contributed by atoms with E-state index in [0.29, 0.717) is 18.7 Å². The van der Waals surface area contributed by atoms with Crippen LogP contribution in [-0.2, 0) is 4.74 Å². The van der Waals surface area contributed by atoms with Crippen molar-refractivity contribution in [3.8, 4) is 0 Å². The van der Waals surface area contributed by atoms with E-state index in [1.54, 1.807) is 6.92 Å². The van der Waals surface area contributed by atoms with Crippen molar-refractivity contribution in [2.24, 2.45) is 0 Å². The summed E-state index contributed by atoms with van der Waals surface area (Å²) in [7, 11) is 0. The second-order valence-electron chi connectivity index (χ2n) is 5.54. The number of aliphatic hydroxyl groups is 1. The molecule has 2 N–H and O–H groups in total. The molecule has 2 rings (SSSR count).